The average molecular weight is 446 g/mol. The summed E-state index contributed by atoms with van der Waals surface area (Å²) >= 11 is 0. The summed E-state index contributed by atoms with van der Waals surface area (Å²) in [7, 11) is 0. The van der Waals surface area contributed by atoms with Gasteiger partial charge >= 0.3 is 6.18 Å². The fraction of sp³-hybridized carbons (Fsp3) is 0.522. The van der Waals surface area contributed by atoms with Crippen molar-refractivity contribution >= 4 is 5.91 Å². The molecular weight excluding hydrogens is 421 g/mol. The number of carbonyl (C=O) groups excluding carboxylic acids is 1. The van der Waals surface area contributed by atoms with E-state index in [1.54, 1.807) is 23.4 Å². The van der Waals surface area contributed by atoms with Gasteiger partial charge in [-0.3, -0.25) is 14.7 Å². The Bertz CT molecular complexity index is 978. The normalized spacial score (nSPS) is 24.3. The van der Waals surface area contributed by atoms with Gasteiger partial charge in [-0.1, -0.05) is 12.1 Å². The van der Waals surface area contributed by atoms with Gasteiger partial charge in [-0.25, -0.2) is 4.98 Å². The minimum Gasteiger partial charge on any atom is -0.472 e. The summed E-state index contributed by atoms with van der Waals surface area (Å²) in [4.78, 5) is 25.8. The van der Waals surface area contributed by atoms with Crippen LogP contribution in [0.2, 0.25) is 0 Å². The first kappa shape index (κ1) is 21.2. The van der Waals surface area contributed by atoms with E-state index in [2.05, 4.69) is 14.9 Å². The lowest BCUT2D eigenvalue weighted by molar-refractivity contribution is -0.137. The maximum atomic E-state index is 13.2. The number of amides is 1. The Morgan fingerprint density at radius 1 is 1.12 bits per heavy atom. The van der Waals surface area contributed by atoms with Gasteiger partial charge in [0.25, 0.3) is 0 Å². The molecule has 3 heterocycles. The van der Waals surface area contributed by atoms with E-state index in [-0.39, 0.29) is 24.6 Å². The van der Waals surface area contributed by atoms with Crippen LogP contribution in [0.3, 0.4) is 0 Å². The SMILES string of the molecule is O=C1C2CC(Oc3cnc(C4CC4)cn3)CN2CCCN1Cc1cccc(C(F)(F)F)c1. The minimum atomic E-state index is -4.40. The van der Waals surface area contributed by atoms with Crippen LogP contribution in [0.5, 0.6) is 5.88 Å². The molecule has 3 aliphatic rings. The highest BCUT2D eigenvalue weighted by molar-refractivity contribution is 5.82. The van der Waals surface area contributed by atoms with Crippen molar-refractivity contribution in [2.45, 2.75) is 56.5 Å². The summed E-state index contributed by atoms with van der Waals surface area (Å²) in [5.41, 5.74) is 0.790. The minimum absolute atomic E-state index is 0.0545. The van der Waals surface area contributed by atoms with Crippen LogP contribution in [0.4, 0.5) is 13.2 Å². The fourth-order valence-electron chi connectivity index (χ4n) is 4.61. The third-order valence-corrected chi connectivity index (χ3v) is 6.39. The molecular formula is C23H25F3N4O2. The van der Waals surface area contributed by atoms with E-state index in [0.717, 1.165) is 43.6 Å². The summed E-state index contributed by atoms with van der Waals surface area (Å²) < 4.78 is 45.1. The fourth-order valence-corrected chi connectivity index (χ4v) is 4.61. The van der Waals surface area contributed by atoms with Gasteiger partial charge in [0.1, 0.15) is 6.10 Å². The number of rotatable bonds is 5. The van der Waals surface area contributed by atoms with Gasteiger partial charge in [-0.15, -0.1) is 0 Å². The van der Waals surface area contributed by atoms with Gasteiger partial charge in [0, 0.05) is 38.5 Å². The molecule has 1 saturated carbocycles. The van der Waals surface area contributed by atoms with Crippen LogP contribution in [0.15, 0.2) is 36.7 Å². The molecule has 1 aromatic carbocycles. The predicted molar refractivity (Wildman–Crippen MR) is 110 cm³/mol. The molecule has 170 valence electrons. The Morgan fingerprint density at radius 3 is 2.69 bits per heavy atom. The van der Waals surface area contributed by atoms with Crippen molar-refractivity contribution < 1.29 is 22.7 Å². The standard InChI is InChI=1S/C23H25F3N4O2/c24-23(25,26)17-4-1-3-15(9-17)13-30-8-2-7-29-14-18(10-20(29)22(30)31)32-21-12-27-19(11-28-21)16-5-6-16/h1,3-4,9,11-12,16,18,20H,2,5-8,10,13-14H2. The molecule has 1 amide bonds. The first-order valence-electron chi connectivity index (χ1n) is 11.0. The van der Waals surface area contributed by atoms with Crippen LogP contribution in [0, 0.1) is 0 Å². The van der Waals surface area contributed by atoms with Crippen molar-refractivity contribution in [3.8, 4) is 5.88 Å². The van der Waals surface area contributed by atoms with Crippen LogP contribution in [-0.2, 0) is 17.5 Å². The van der Waals surface area contributed by atoms with Crippen molar-refractivity contribution in [3.63, 3.8) is 0 Å². The van der Waals surface area contributed by atoms with Crippen LogP contribution >= 0.6 is 0 Å². The number of hydrogen-bond donors (Lipinski definition) is 0. The number of carbonyl (C=O) groups is 1. The van der Waals surface area contributed by atoms with Gasteiger partial charge in [0.05, 0.1) is 29.7 Å². The van der Waals surface area contributed by atoms with E-state index < -0.39 is 11.7 Å². The van der Waals surface area contributed by atoms with Gasteiger partial charge in [0.2, 0.25) is 11.8 Å². The lowest BCUT2D eigenvalue weighted by Gasteiger charge is -2.25. The molecule has 32 heavy (non-hydrogen) atoms. The lowest BCUT2D eigenvalue weighted by atomic mass is 10.1. The van der Waals surface area contributed by atoms with Crippen molar-refractivity contribution in [3.05, 3.63) is 53.5 Å². The molecule has 5 rings (SSSR count). The van der Waals surface area contributed by atoms with Crippen molar-refractivity contribution in [1.29, 1.82) is 0 Å². The molecule has 3 fully saturated rings. The van der Waals surface area contributed by atoms with Gasteiger partial charge < -0.3 is 9.64 Å². The van der Waals surface area contributed by atoms with Crippen LogP contribution < -0.4 is 4.74 Å². The molecule has 1 aromatic heterocycles. The maximum Gasteiger partial charge on any atom is 0.416 e. The van der Waals surface area contributed by atoms with Crippen LogP contribution in [-0.4, -0.2) is 57.5 Å². The van der Waals surface area contributed by atoms with Crippen molar-refractivity contribution in [2.24, 2.45) is 0 Å². The number of hydrogen-bond acceptors (Lipinski definition) is 5. The third-order valence-electron chi connectivity index (χ3n) is 6.39. The number of benzene rings is 1. The van der Waals surface area contributed by atoms with Gasteiger partial charge in [-0.2, -0.15) is 13.2 Å². The number of alkyl halides is 3. The highest BCUT2D eigenvalue weighted by atomic mass is 19.4. The summed E-state index contributed by atoms with van der Waals surface area (Å²) in [5, 5.41) is 0. The zero-order valence-electron chi connectivity index (χ0n) is 17.6. The number of ether oxygens (including phenoxy) is 1. The first-order valence-corrected chi connectivity index (χ1v) is 11.0. The monoisotopic (exact) mass is 446 g/mol. The van der Waals surface area contributed by atoms with E-state index in [0.29, 0.717) is 36.9 Å². The Labute approximate surface area is 184 Å². The number of halogens is 3. The zero-order valence-corrected chi connectivity index (χ0v) is 17.6. The second-order valence-corrected chi connectivity index (χ2v) is 8.85. The second kappa shape index (κ2) is 8.35. The molecule has 0 radical (unpaired) electrons. The summed E-state index contributed by atoms with van der Waals surface area (Å²) in [6.45, 7) is 2.08. The van der Waals surface area contributed by atoms with Crippen LogP contribution in [0.25, 0.3) is 0 Å². The molecule has 0 bridgehead atoms. The lowest BCUT2D eigenvalue weighted by Crippen LogP contribution is -2.42. The first-order chi connectivity index (χ1) is 15.4. The third kappa shape index (κ3) is 4.57. The summed E-state index contributed by atoms with van der Waals surface area (Å²) in [5.74, 6) is 0.938. The van der Waals surface area contributed by atoms with E-state index in [9.17, 15) is 18.0 Å². The largest absolute Gasteiger partial charge is 0.472 e. The highest BCUT2D eigenvalue weighted by Gasteiger charge is 2.41. The summed E-state index contributed by atoms with van der Waals surface area (Å²) in [6, 6.07) is 4.87. The van der Waals surface area contributed by atoms with Crippen molar-refractivity contribution in [1.82, 2.24) is 19.8 Å². The molecule has 2 unspecified atom stereocenters. The Hall–Kier alpha value is -2.68. The molecule has 2 atom stereocenters. The van der Waals surface area contributed by atoms with E-state index in [1.165, 1.54) is 6.07 Å². The maximum absolute atomic E-state index is 13.2. The highest BCUT2D eigenvalue weighted by Crippen LogP contribution is 2.38. The molecule has 0 spiro atoms. The van der Waals surface area contributed by atoms with Gasteiger partial charge in [-0.05, 0) is 37.0 Å². The quantitative estimate of drug-likeness (QED) is 0.702. The predicted octanol–water partition coefficient (Wildman–Crippen LogP) is 3.63. The number of fused-ring (bicyclic) bond motifs is 1. The number of aromatic nitrogens is 2. The molecule has 2 aromatic rings. The second-order valence-electron chi connectivity index (χ2n) is 8.85. The molecule has 6 nitrogen and oxygen atoms in total. The number of nitrogens with zero attached hydrogens (tertiary/aromatic N) is 4. The zero-order chi connectivity index (χ0) is 22.3. The molecule has 0 N–H and O–H groups in total. The molecule has 2 aliphatic heterocycles. The van der Waals surface area contributed by atoms with Crippen molar-refractivity contribution in [2.75, 3.05) is 19.6 Å². The Kier molecular flexibility index (Phi) is 5.53. The Morgan fingerprint density at radius 2 is 1.97 bits per heavy atom. The van der Waals surface area contributed by atoms with Crippen LogP contribution in [0.1, 0.15) is 48.4 Å². The smallest absolute Gasteiger partial charge is 0.416 e. The summed E-state index contributed by atoms with van der Waals surface area (Å²) in [6.07, 6.45) is 2.47. The molecule has 2 saturated heterocycles. The molecule has 1 aliphatic carbocycles. The van der Waals surface area contributed by atoms with Gasteiger partial charge in [0.15, 0.2) is 0 Å². The Balaban J connectivity index is 1.23. The topological polar surface area (TPSA) is 58.6 Å². The van der Waals surface area contributed by atoms with E-state index >= 15 is 0 Å². The average Bonchev–Trinajstić information content (AvgIpc) is 3.55. The van der Waals surface area contributed by atoms with E-state index in [4.69, 9.17) is 4.74 Å². The molecule has 9 heteroatoms. The van der Waals surface area contributed by atoms with E-state index in [1.807, 2.05) is 0 Å².